The van der Waals surface area contributed by atoms with Gasteiger partial charge in [0.2, 0.25) is 6.41 Å². The first kappa shape index (κ1) is 10.2. The average molecular weight is 192 g/mol. The third-order valence-corrected chi connectivity index (χ3v) is 1.45. The number of fused-ring (bicyclic) bond motifs is 1. The van der Waals surface area contributed by atoms with Gasteiger partial charge in [0, 0.05) is 25.7 Å². The van der Waals surface area contributed by atoms with Crippen LogP contribution in [0.2, 0.25) is 0 Å². The van der Waals surface area contributed by atoms with Crippen molar-refractivity contribution in [2.45, 2.75) is 0 Å². The van der Waals surface area contributed by atoms with Crippen LogP contribution in [0, 0.1) is 0 Å². The number of hydrogen-bond acceptors (Lipinski definition) is 3. The van der Waals surface area contributed by atoms with Crippen LogP contribution in [-0.4, -0.2) is 40.6 Å². The van der Waals surface area contributed by atoms with Crippen LogP contribution in [0.1, 0.15) is 0 Å². The molecule has 14 heavy (non-hydrogen) atoms. The summed E-state index contributed by atoms with van der Waals surface area (Å²) < 4.78 is 0. The highest BCUT2D eigenvalue weighted by molar-refractivity contribution is 5.76. The van der Waals surface area contributed by atoms with E-state index >= 15 is 0 Å². The molecule has 0 bridgehead atoms. The molecule has 0 fully saturated rings. The lowest BCUT2D eigenvalue weighted by Crippen LogP contribution is -2.06. The van der Waals surface area contributed by atoms with Crippen LogP contribution in [0.3, 0.4) is 0 Å². The van der Waals surface area contributed by atoms with E-state index in [0.717, 1.165) is 17.3 Å². The fraction of sp³-hybridized carbons (Fsp3) is 0.222. The Labute approximate surface area is 81.8 Å². The van der Waals surface area contributed by atoms with Crippen LogP contribution in [0.25, 0.3) is 10.9 Å². The Bertz CT molecular complexity index is 366. The number of nitrogens with zero attached hydrogens (tertiary/aromatic N) is 3. The first-order valence-corrected chi connectivity index (χ1v) is 4.09. The van der Waals surface area contributed by atoms with Gasteiger partial charge in [-0.05, 0) is 6.07 Å². The van der Waals surface area contributed by atoms with E-state index in [9.17, 15) is 4.79 Å². The van der Waals surface area contributed by atoms with Crippen LogP contribution >= 0.6 is 0 Å². The highest BCUT2D eigenvalue weighted by Gasteiger charge is 1.89. The van der Waals surface area contributed by atoms with Gasteiger partial charge in [-0.3, -0.25) is 14.9 Å². The molecule has 0 saturated heterocycles. The van der Waals surface area contributed by atoms with Gasteiger partial charge in [0.15, 0.2) is 0 Å². The fourth-order valence-electron chi connectivity index (χ4n) is 0.783. The minimum Gasteiger partial charge on any atom is -0.351 e. The first-order valence-electron chi connectivity index (χ1n) is 4.09. The lowest BCUT2D eigenvalue weighted by Gasteiger charge is -1.93. The predicted molar refractivity (Wildman–Crippen MR) is 53.6 cm³/mol. The van der Waals surface area contributed by atoms with E-state index in [2.05, 4.69) is 15.2 Å². The second-order valence-corrected chi connectivity index (χ2v) is 2.90. The largest absolute Gasteiger partial charge is 0.351 e. The van der Waals surface area contributed by atoms with Gasteiger partial charge in [0.25, 0.3) is 0 Å². The van der Waals surface area contributed by atoms with Crippen LogP contribution in [0.5, 0.6) is 0 Å². The van der Waals surface area contributed by atoms with Gasteiger partial charge in [-0.1, -0.05) is 0 Å². The Hall–Kier alpha value is -1.91. The molecule has 5 nitrogen and oxygen atoms in total. The molecule has 0 saturated carbocycles. The maximum Gasteiger partial charge on any atom is 0.209 e. The summed E-state index contributed by atoms with van der Waals surface area (Å²) in [5.41, 5.74) is 0.984. The van der Waals surface area contributed by atoms with Gasteiger partial charge in [0.05, 0.1) is 17.9 Å². The van der Waals surface area contributed by atoms with Crippen molar-refractivity contribution >= 4 is 17.3 Å². The molecule has 2 rings (SSSR count). The van der Waals surface area contributed by atoms with Crippen molar-refractivity contribution in [3.63, 3.8) is 0 Å². The van der Waals surface area contributed by atoms with Crippen molar-refractivity contribution in [1.82, 2.24) is 20.1 Å². The summed E-state index contributed by atoms with van der Waals surface area (Å²) >= 11 is 0. The zero-order chi connectivity index (χ0) is 10.4. The molecular formula is C9H12N4O. The summed E-state index contributed by atoms with van der Waals surface area (Å²) in [6, 6.07) is 1.92. The van der Waals surface area contributed by atoms with Crippen LogP contribution in [-0.2, 0) is 4.79 Å². The Morgan fingerprint density at radius 3 is 2.71 bits per heavy atom. The number of aromatic nitrogens is 3. The summed E-state index contributed by atoms with van der Waals surface area (Å²) in [4.78, 5) is 14.8. The lowest BCUT2D eigenvalue weighted by molar-refractivity contribution is -0.115. The smallest absolute Gasteiger partial charge is 0.209 e. The summed E-state index contributed by atoms with van der Waals surface area (Å²) in [6.45, 7) is 0. The topological polar surface area (TPSA) is 61.9 Å². The number of H-pyrrole nitrogens is 1. The van der Waals surface area contributed by atoms with Gasteiger partial charge in [0.1, 0.15) is 0 Å². The predicted octanol–water partition coefficient (Wildman–Crippen LogP) is 0.662. The van der Waals surface area contributed by atoms with Crippen LogP contribution in [0.15, 0.2) is 24.7 Å². The van der Waals surface area contributed by atoms with Crippen LogP contribution in [0.4, 0.5) is 0 Å². The highest BCUT2D eigenvalue weighted by Crippen LogP contribution is 2.04. The number of amides is 1. The molecule has 5 heteroatoms. The minimum absolute atomic E-state index is 0.750. The number of nitrogens with one attached hydrogen (secondary N) is 1. The molecule has 0 unspecified atom stereocenters. The Balaban J connectivity index is 0.000000171. The standard InChI is InChI=1S/C6H5N3.C3H7NO/c1-2-7-4-6-5(1)3-8-9-6;1-4(2)3-5/h1-4H,(H,8,9);3H,1-2H3. The molecule has 0 spiro atoms. The quantitative estimate of drug-likeness (QED) is 0.675. The fourth-order valence-corrected chi connectivity index (χ4v) is 0.783. The molecule has 0 aromatic carbocycles. The van der Waals surface area contributed by atoms with Gasteiger partial charge >= 0.3 is 0 Å². The SMILES string of the molecule is CN(C)C=O.c1cc2cn[nH]c2cn1. The van der Waals surface area contributed by atoms with E-state index in [0.29, 0.717) is 0 Å². The van der Waals surface area contributed by atoms with Crippen molar-refractivity contribution in [3.05, 3.63) is 24.7 Å². The molecule has 1 amide bonds. The summed E-state index contributed by atoms with van der Waals surface area (Å²) in [5, 5.41) is 7.75. The Kier molecular flexibility index (Phi) is 3.60. The maximum absolute atomic E-state index is 9.43. The molecule has 2 aromatic heterocycles. The van der Waals surface area contributed by atoms with Crippen LogP contribution < -0.4 is 0 Å². The van der Waals surface area contributed by atoms with Crippen molar-refractivity contribution in [1.29, 1.82) is 0 Å². The number of carbonyl (C=O) groups is 1. The maximum atomic E-state index is 9.43. The number of pyridine rings is 1. The minimum atomic E-state index is 0.750. The molecule has 2 heterocycles. The van der Waals surface area contributed by atoms with E-state index in [4.69, 9.17) is 0 Å². The summed E-state index contributed by atoms with van der Waals surface area (Å²) in [7, 11) is 3.38. The number of rotatable bonds is 1. The van der Waals surface area contributed by atoms with E-state index in [-0.39, 0.29) is 0 Å². The Morgan fingerprint density at radius 1 is 1.43 bits per heavy atom. The van der Waals surface area contributed by atoms with Crippen molar-refractivity contribution < 1.29 is 4.79 Å². The number of hydrogen-bond donors (Lipinski definition) is 1. The highest BCUT2D eigenvalue weighted by atomic mass is 16.1. The number of aromatic amines is 1. The second kappa shape index (κ2) is 4.96. The molecule has 0 radical (unpaired) electrons. The summed E-state index contributed by atoms with van der Waals surface area (Å²) in [6.07, 6.45) is 6.02. The van der Waals surface area contributed by atoms with Gasteiger partial charge in [-0.2, -0.15) is 5.10 Å². The molecule has 0 aliphatic heterocycles. The van der Waals surface area contributed by atoms with Crippen molar-refractivity contribution in [2.75, 3.05) is 14.1 Å². The Morgan fingerprint density at radius 2 is 2.14 bits per heavy atom. The van der Waals surface area contributed by atoms with E-state index in [1.165, 1.54) is 4.90 Å². The first-order chi connectivity index (χ1) is 6.74. The third-order valence-electron chi connectivity index (χ3n) is 1.45. The molecule has 74 valence electrons. The second-order valence-electron chi connectivity index (χ2n) is 2.90. The van der Waals surface area contributed by atoms with Gasteiger partial charge < -0.3 is 4.90 Å². The normalized spacial score (nSPS) is 9.00. The molecule has 1 N–H and O–H groups in total. The van der Waals surface area contributed by atoms with E-state index < -0.39 is 0 Å². The zero-order valence-electron chi connectivity index (χ0n) is 8.14. The molecular weight excluding hydrogens is 180 g/mol. The van der Waals surface area contributed by atoms with Crippen molar-refractivity contribution in [2.24, 2.45) is 0 Å². The lowest BCUT2D eigenvalue weighted by atomic mass is 10.3. The monoisotopic (exact) mass is 192 g/mol. The van der Waals surface area contributed by atoms with Crippen molar-refractivity contribution in [3.8, 4) is 0 Å². The molecule has 0 aliphatic carbocycles. The number of carbonyl (C=O) groups excluding carboxylic acids is 1. The van der Waals surface area contributed by atoms with Gasteiger partial charge in [-0.25, -0.2) is 0 Å². The zero-order valence-corrected chi connectivity index (χ0v) is 8.14. The van der Waals surface area contributed by atoms with E-state index in [1.807, 2.05) is 6.07 Å². The third kappa shape index (κ3) is 2.85. The average Bonchev–Trinajstić information content (AvgIpc) is 2.66. The van der Waals surface area contributed by atoms with Gasteiger partial charge in [-0.15, -0.1) is 0 Å². The van der Waals surface area contributed by atoms with E-state index in [1.54, 1.807) is 32.7 Å². The molecule has 2 aromatic rings. The summed E-state index contributed by atoms with van der Waals surface area (Å²) in [5.74, 6) is 0. The molecule has 0 atom stereocenters. The molecule has 0 aliphatic rings.